The highest BCUT2D eigenvalue weighted by atomic mass is 19.1. The molecule has 2 N–H and O–H groups in total. The van der Waals surface area contributed by atoms with Gasteiger partial charge in [0.1, 0.15) is 23.3 Å². The molecule has 6 nitrogen and oxygen atoms in total. The average molecular weight is 489 g/mol. The summed E-state index contributed by atoms with van der Waals surface area (Å²) in [5.74, 6) is 0.0301. The van der Waals surface area contributed by atoms with Gasteiger partial charge >= 0.3 is 5.97 Å². The Kier molecular flexibility index (Phi) is 6.65. The lowest BCUT2D eigenvalue weighted by Crippen LogP contribution is -2.35. The molecule has 1 unspecified atom stereocenters. The molecule has 7 heteroatoms. The monoisotopic (exact) mass is 488 g/mol. The number of likely N-dealkylation sites (N-methyl/N-ethyl adjacent to an activating group) is 1. The van der Waals surface area contributed by atoms with Crippen LogP contribution >= 0.6 is 0 Å². The Morgan fingerprint density at radius 1 is 1.11 bits per heavy atom. The molecule has 2 heterocycles. The van der Waals surface area contributed by atoms with Crippen molar-refractivity contribution < 1.29 is 23.1 Å². The van der Waals surface area contributed by atoms with Crippen LogP contribution in [0.25, 0.3) is 22.1 Å². The third-order valence-electron chi connectivity index (χ3n) is 6.62. The number of esters is 1. The quantitative estimate of drug-likeness (QED) is 0.333. The van der Waals surface area contributed by atoms with E-state index >= 15 is 4.39 Å². The summed E-state index contributed by atoms with van der Waals surface area (Å²) in [6.07, 6.45) is 1.40. The number of furan rings is 1. The molecule has 4 aromatic rings. The first kappa shape index (κ1) is 23.9. The number of ether oxygens (including phenoxy) is 2. The maximum atomic E-state index is 15.3. The van der Waals surface area contributed by atoms with Gasteiger partial charge in [0.25, 0.3) is 0 Å². The summed E-state index contributed by atoms with van der Waals surface area (Å²) < 4.78 is 32.8. The molecule has 1 aliphatic heterocycles. The van der Waals surface area contributed by atoms with Crippen LogP contribution in [0.2, 0.25) is 0 Å². The number of hydrogen-bond acceptors (Lipinski definition) is 6. The van der Waals surface area contributed by atoms with Crippen LogP contribution in [0.4, 0.5) is 10.1 Å². The van der Waals surface area contributed by atoms with E-state index in [4.69, 9.17) is 19.6 Å². The van der Waals surface area contributed by atoms with E-state index in [1.54, 1.807) is 31.4 Å². The predicted molar refractivity (Wildman–Crippen MR) is 138 cm³/mol. The van der Waals surface area contributed by atoms with E-state index in [2.05, 4.69) is 11.8 Å². The fraction of sp³-hybridized carbons (Fsp3) is 0.276. The van der Waals surface area contributed by atoms with Crippen LogP contribution in [0.15, 0.2) is 65.3 Å². The molecule has 1 aliphatic rings. The first-order valence-corrected chi connectivity index (χ1v) is 12.2. The predicted octanol–water partition coefficient (Wildman–Crippen LogP) is 5.76. The van der Waals surface area contributed by atoms with E-state index in [0.717, 1.165) is 28.7 Å². The zero-order valence-corrected chi connectivity index (χ0v) is 20.4. The summed E-state index contributed by atoms with van der Waals surface area (Å²) in [7, 11) is 0. The Morgan fingerprint density at radius 3 is 2.69 bits per heavy atom. The van der Waals surface area contributed by atoms with Crippen molar-refractivity contribution in [3.05, 3.63) is 83.4 Å². The number of nitrogens with zero attached hydrogens (tertiary/aromatic N) is 1. The summed E-state index contributed by atoms with van der Waals surface area (Å²) in [5, 5.41) is 0.859. The first-order valence-electron chi connectivity index (χ1n) is 12.2. The second kappa shape index (κ2) is 10.0. The Morgan fingerprint density at radius 2 is 1.92 bits per heavy atom. The lowest BCUT2D eigenvalue weighted by atomic mass is 9.95. The zero-order chi connectivity index (χ0) is 25.2. The molecular weight excluding hydrogens is 459 g/mol. The maximum Gasteiger partial charge on any atom is 0.310 e. The summed E-state index contributed by atoms with van der Waals surface area (Å²) in [5.41, 5.74) is 10.5. The number of anilines is 1. The van der Waals surface area contributed by atoms with Crippen molar-refractivity contribution in [2.75, 3.05) is 24.6 Å². The maximum absolute atomic E-state index is 15.3. The molecule has 36 heavy (non-hydrogen) atoms. The molecule has 1 atom stereocenters. The van der Waals surface area contributed by atoms with Crippen LogP contribution in [-0.2, 0) is 22.5 Å². The van der Waals surface area contributed by atoms with Crippen molar-refractivity contribution in [1.29, 1.82) is 0 Å². The zero-order valence-electron chi connectivity index (χ0n) is 20.4. The minimum atomic E-state index is -0.350. The van der Waals surface area contributed by atoms with Crippen LogP contribution < -0.4 is 15.4 Å². The number of halogens is 1. The van der Waals surface area contributed by atoms with E-state index in [1.165, 1.54) is 0 Å². The molecular formula is C29H29FN2O4. The van der Waals surface area contributed by atoms with E-state index < -0.39 is 0 Å². The normalized spacial score (nSPS) is 15.0. The number of hydrogen-bond donors (Lipinski definition) is 1. The van der Waals surface area contributed by atoms with E-state index in [1.807, 2.05) is 36.4 Å². The highest BCUT2D eigenvalue weighted by Crippen LogP contribution is 2.43. The Hall–Kier alpha value is -3.84. The summed E-state index contributed by atoms with van der Waals surface area (Å²) in [6, 6.07) is 16.9. The molecule has 3 aromatic carbocycles. The highest BCUT2D eigenvalue weighted by molar-refractivity contribution is 5.93. The average Bonchev–Trinajstić information content (AvgIpc) is 3.37. The van der Waals surface area contributed by atoms with Crippen molar-refractivity contribution in [3.8, 4) is 16.9 Å². The molecule has 0 bridgehead atoms. The topological polar surface area (TPSA) is 77.9 Å². The molecule has 0 saturated carbocycles. The standard InChI is InChI=1S/C29H29FN2O4/c1-3-32-17-25(36-29-18(7-6-10-24(29)32)15-26(33)34-4-2)21-13-19-11-12-35-28(19)23(14-21)22-9-5-8-20(16-31)27(22)30/h5-14,25H,3-4,15-17,31H2,1-2H3. The Balaban J connectivity index is 1.59. The molecule has 186 valence electrons. The van der Waals surface area contributed by atoms with Crippen LogP contribution in [0.1, 0.15) is 36.6 Å². The van der Waals surface area contributed by atoms with Crippen molar-refractivity contribution in [2.45, 2.75) is 32.9 Å². The lowest BCUT2D eigenvalue weighted by molar-refractivity contribution is -0.142. The van der Waals surface area contributed by atoms with Crippen molar-refractivity contribution >= 4 is 22.6 Å². The van der Waals surface area contributed by atoms with E-state index in [9.17, 15) is 4.79 Å². The molecule has 0 fully saturated rings. The second-order valence-electron chi connectivity index (χ2n) is 8.78. The Labute approximate surface area is 209 Å². The molecule has 5 rings (SSSR count). The summed E-state index contributed by atoms with van der Waals surface area (Å²) in [4.78, 5) is 14.5. The van der Waals surface area contributed by atoms with Gasteiger partial charge in [-0.25, -0.2) is 4.39 Å². The number of para-hydroxylation sites is 1. The molecule has 0 aliphatic carbocycles. The van der Waals surface area contributed by atoms with Gasteiger partial charge in [0.05, 0.1) is 31.5 Å². The van der Waals surface area contributed by atoms with Gasteiger partial charge in [-0.2, -0.15) is 0 Å². The minimum Gasteiger partial charge on any atom is -0.481 e. The smallest absolute Gasteiger partial charge is 0.310 e. The lowest BCUT2D eigenvalue weighted by Gasteiger charge is -2.37. The minimum absolute atomic E-state index is 0.109. The number of carbonyl (C=O) groups is 1. The molecule has 1 aromatic heterocycles. The van der Waals surface area contributed by atoms with Crippen LogP contribution in [-0.4, -0.2) is 25.7 Å². The van der Waals surface area contributed by atoms with Crippen molar-refractivity contribution in [1.82, 2.24) is 0 Å². The van der Waals surface area contributed by atoms with Crippen molar-refractivity contribution in [2.24, 2.45) is 5.73 Å². The van der Waals surface area contributed by atoms with Gasteiger partial charge in [0.15, 0.2) is 0 Å². The number of nitrogens with two attached hydrogens (primary N) is 1. The van der Waals surface area contributed by atoms with Gasteiger partial charge in [-0.15, -0.1) is 0 Å². The van der Waals surface area contributed by atoms with Gasteiger partial charge in [-0.1, -0.05) is 30.3 Å². The molecule has 0 amide bonds. The summed E-state index contributed by atoms with van der Waals surface area (Å²) in [6.45, 7) is 5.69. The molecule has 0 spiro atoms. The van der Waals surface area contributed by atoms with Gasteiger partial charge in [-0.05, 0) is 43.7 Å². The first-order chi connectivity index (χ1) is 17.5. The van der Waals surface area contributed by atoms with Gasteiger partial charge in [0.2, 0.25) is 0 Å². The van der Waals surface area contributed by atoms with Gasteiger partial charge in [-0.3, -0.25) is 4.79 Å². The fourth-order valence-electron chi connectivity index (χ4n) is 4.85. The Bertz CT molecular complexity index is 1410. The number of benzene rings is 3. The van der Waals surface area contributed by atoms with Crippen molar-refractivity contribution in [3.63, 3.8) is 0 Å². The largest absolute Gasteiger partial charge is 0.481 e. The second-order valence-corrected chi connectivity index (χ2v) is 8.78. The van der Waals surface area contributed by atoms with Gasteiger partial charge in [0, 0.05) is 40.7 Å². The van der Waals surface area contributed by atoms with Gasteiger partial charge < -0.3 is 24.5 Å². The third kappa shape index (κ3) is 4.31. The van der Waals surface area contributed by atoms with Crippen LogP contribution in [0.3, 0.4) is 0 Å². The summed E-state index contributed by atoms with van der Waals surface area (Å²) >= 11 is 0. The SMILES string of the molecule is CCOC(=O)Cc1cccc2c1OC(c1cc(-c3cccc(CN)c3F)c3occc3c1)CN2CC. The van der Waals surface area contributed by atoms with Crippen LogP contribution in [0, 0.1) is 5.82 Å². The number of rotatable bonds is 7. The van der Waals surface area contributed by atoms with E-state index in [0.29, 0.717) is 41.2 Å². The number of fused-ring (bicyclic) bond motifs is 2. The molecule has 0 saturated heterocycles. The van der Waals surface area contributed by atoms with E-state index in [-0.39, 0.29) is 30.9 Å². The molecule has 0 radical (unpaired) electrons. The fourth-order valence-corrected chi connectivity index (χ4v) is 4.85. The van der Waals surface area contributed by atoms with Crippen LogP contribution in [0.5, 0.6) is 5.75 Å². The highest BCUT2D eigenvalue weighted by Gasteiger charge is 2.30. The third-order valence-corrected chi connectivity index (χ3v) is 6.62. The number of carbonyl (C=O) groups excluding carboxylic acids is 1.